The van der Waals surface area contributed by atoms with Crippen LogP contribution in [-0.2, 0) is 21.7 Å². The monoisotopic (exact) mass is 786 g/mol. The summed E-state index contributed by atoms with van der Waals surface area (Å²) in [5.41, 5.74) is 22.4. The van der Waals surface area contributed by atoms with Gasteiger partial charge in [0, 0.05) is 33.8 Å². The van der Waals surface area contributed by atoms with Gasteiger partial charge in [-0.3, -0.25) is 0 Å². The molecule has 0 saturated heterocycles. The Bertz CT molecular complexity index is 2860. The van der Waals surface area contributed by atoms with E-state index in [1.807, 2.05) is 0 Å². The molecular weight excluding hydrogens is 727 g/mol. The summed E-state index contributed by atoms with van der Waals surface area (Å²) < 4.78 is 7.34. The van der Waals surface area contributed by atoms with E-state index in [9.17, 15) is 0 Å². The molecule has 0 spiro atoms. The molecular formula is C56H59BN2O. The predicted molar refractivity (Wildman–Crippen MR) is 258 cm³/mol. The molecule has 3 aliphatic rings. The zero-order valence-electron chi connectivity index (χ0n) is 37.8. The van der Waals surface area contributed by atoms with E-state index >= 15 is 0 Å². The van der Waals surface area contributed by atoms with Crippen LogP contribution in [0.5, 0.6) is 0 Å². The van der Waals surface area contributed by atoms with Gasteiger partial charge in [0.15, 0.2) is 0 Å². The minimum atomic E-state index is -0.101. The van der Waals surface area contributed by atoms with Crippen molar-refractivity contribution < 1.29 is 4.42 Å². The highest BCUT2D eigenvalue weighted by molar-refractivity contribution is 7.00. The summed E-state index contributed by atoms with van der Waals surface area (Å²) in [5.74, 6) is 0. The molecule has 4 heteroatoms. The van der Waals surface area contributed by atoms with E-state index in [2.05, 4.69) is 208 Å². The molecule has 0 saturated carbocycles. The average Bonchev–Trinajstić information content (AvgIpc) is 3.58. The van der Waals surface area contributed by atoms with Crippen LogP contribution in [0, 0.1) is 13.8 Å². The van der Waals surface area contributed by atoms with Crippen LogP contribution in [0.2, 0.25) is 0 Å². The van der Waals surface area contributed by atoms with E-state index in [1.165, 1.54) is 83.6 Å². The van der Waals surface area contributed by atoms with E-state index < -0.39 is 0 Å². The molecule has 1 aromatic heterocycles. The van der Waals surface area contributed by atoms with Gasteiger partial charge < -0.3 is 14.2 Å². The third kappa shape index (κ3) is 5.92. The number of anilines is 6. The lowest BCUT2D eigenvalue weighted by molar-refractivity contribution is 0.332. The van der Waals surface area contributed by atoms with E-state index in [0.29, 0.717) is 0 Å². The fourth-order valence-electron chi connectivity index (χ4n) is 10.4. The van der Waals surface area contributed by atoms with Crippen molar-refractivity contribution in [2.45, 2.75) is 118 Å². The third-order valence-electron chi connectivity index (χ3n) is 14.2. The standard InChI is InChI=1S/C56H59BN2O/c1-34-28-47-50-48(29-34)59(45-30-37(19-18-35(45)2)36-16-14-13-15-17-36)46-33-43-42(55(9,10)26-27-56(43,11)12)32-44(46)57(50)52-51(41-31-39(54(6,7)8)22-25-49(41)60-52)58(47)40-23-20-38(21-24-40)53(3,4)5/h13-25,28-33H,26-27H2,1-12H3. The Morgan fingerprint density at radius 1 is 0.567 bits per heavy atom. The van der Waals surface area contributed by atoms with Crippen molar-refractivity contribution >= 4 is 68.4 Å². The first-order valence-corrected chi connectivity index (χ1v) is 22.1. The first-order valence-electron chi connectivity index (χ1n) is 22.1. The lowest BCUT2D eigenvalue weighted by atomic mass is 9.35. The van der Waals surface area contributed by atoms with Crippen LogP contribution < -0.4 is 26.4 Å². The summed E-state index contributed by atoms with van der Waals surface area (Å²) in [5, 5.41) is 1.17. The van der Waals surface area contributed by atoms with Gasteiger partial charge in [-0.1, -0.05) is 136 Å². The largest absolute Gasteiger partial charge is 0.468 e. The average molecular weight is 787 g/mol. The summed E-state index contributed by atoms with van der Waals surface area (Å²) in [6, 6.07) is 44.1. The van der Waals surface area contributed by atoms with Gasteiger partial charge in [0.1, 0.15) is 5.58 Å². The lowest BCUT2D eigenvalue weighted by Crippen LogP contribution is -2.61. The van der Waals surface area contributed by atoms with Gasteiger partial charge in [0.05, 0.1) is 11.3 Å². The van der Waals surface area contributed by atoms with E-state index in [-0.39, 0.29) is 28.4 Å². The number of benzene rings is 6. The number of hydrogen-bond donors (Lipinski definition) is 0. The molecule has 0 bridgehead atoms. The molecule has 0 unspecified atom stereocenters. The number of rotatable bonds is 3. The zero-order valence-corrected chi connectivity index (χ0v) is 37.8. The molecule has 7 aromatic rings. The molecule has 0 atom stereocenters. The molecule has 302 valence electrons. The quantitative estimate of drug-likeness (QED) is 0.166. The van der Waals surface area contributed by atoms with Crippen LogP contribution >= 0.6 is 0 Å². The van der Waals surface area contributed by atoms with Crippen LogP contribution in [0.15, 0.2) is 120 Å². The minimum absolute atomic E-state index is 0.0185. The molecule has 0 amide bonds. The van der Waals surface area contributed by atoms with Crippen molar-refractivity contribution in [3.63, 3.8) is 0 Å². The van der Waals surface area contributed by atoms with Gasteiger partial charge in [0.25, 0.3) is 6.71 Å². The van der Waals surface area contributed by atoms with Crippen molar-refractivity contribution in [2.24, 2.45) is 0 Å². The van der Waals surface area contributed by atoms with Gasteiger partial charge in [0.2, 0.25) is 0 Å². The topological polar surface area (TPSA) is 19.6 Å². The summed E-state index contributed by atoms with van der Waals surface area (Å²) in [4.78, 5) is 5.15. The van der Waals surface area contributed by atoms with Gasteiger partial charge in [-0.05, 0) is 152 Å². The number of furan rings is 1. The molecule has 0 radical (unpaired) electrons. The van der Waals surface area contributed by atoms with Crippen molar-refractivity contribution in [1.82, 2.24) is 0 Å². The Morgan fingerprint density at radius 2 is 1.18 bits per heavy atom. The van der Waals surface area contributed by atoms with Crippen LogP contribution in [0.25, 0.3) is 22.1 Å². The number of fused-ring (bicyclic) bond motifs is 7. The fourth-order valence-corrected chi connectivity index (χ4v) is 10.4. The molecule has 0 fully saturated rings. The molecule has 6 aromatic carbocycles. The van der Waals surface area contributed by atoms with Crippen LogP contribution in [0.1, 0.15) is 115 Å². The van der Waals surface area contributed by atoms with E-state index in [4.69, 9.17) is 4.42 Å². The van der Waals surface area contributed by atoms with Crippen molar-refractivity contribution in [2.75, 3.05) is 9.80 Å². The summed E-state index contributed by atoms with van der Waals surface area (Å²) >= 11 is 0. The summed E-state index contributed by atoms with van der Waals surface area (Å²) in [6.07, 6.45) is 2.31. The van der Waals surface area contributed by atoms with Crippen molar-refractivity contribution in [1.29, 1.82) is 0 Å². The van der Waals surface area contributed by atoms with Crippen LogP contribution in [0.4, 0.5) is 34.1 Å². The van der Waals surface area contributed by atoms with Gasteiger partial charge in [-0.25, -0.2) is 0 Å². The SMILES string of the molecule is Cc1cc2c3c(c1)N(c1ccc(C(C)(C)C)cc1)c1c(oc4ccc(C(C)(C)C)cc14)B3c1cc3c(cc1N2c1cc(-c2ccccc2)ccc1C)C(C)(C)CCC3(C)C. The second kappa shape index (κ2) is 13.0. The Kier molecular flexibility index (Phi) is 8.40. The minimum Gasteiger partial charge on any atom is -0.468 e. The van der Waals surface area contributed by atoms with Crippen LogP contribution in [0.3, 0.4) is 0 Å². The fraction of sp³-hybridized carbons (Fsp3) is 0.321. The molecule has 10 rings (SSSR count). The summed E-state index contributed by atoms with van der Waals surface area (Å²) in [6.45, 7) is 28.1. The van der Waals surface area contributed by atoms with Gasteiger partial charge in [-0.2, -0.15) is 0 Å². The Labute approximate surface area is 358 Å². The van der Waals surface area contributed by atoms with E-state index in [1.54, 1.807) is 0 Å². The second-order valence-corrected chi connectivity index (χ2v) is 21.5. The third-order valence-corrected chi connectivity index (χ3v) is 14.2. The number of nitrogens with zero attached hydrogens (tertiary/aromatic N) is 2. The smallest absolute Gasteiger partial charge is 0.297 e. The zero-order chi connectivity index (χ0) is 42.3. The Hall–Kier alpha value is -5.48. The van der Waals surface area contributed by atoms with Crippen LogP contribution in [-0.4, -0.2) is 6.71 Å². The summed E-state index contributed by atoms with van der Waals surface area (Å²) in [7, 11) is 0. The highest BCUT2D eigenvalue weighted by Gasteiger charge is 2.49. The Morgan fingerprint density at radius 3 is 1.83 bits per heavy atom. The molecule has 3 heterocycles. The first kappa shape index (κ1) is 38.7. The number of hydrogen-bond acceptors (Lipinski definition) is 3. The molecule has 2 aliphatic heterocycles. The predicted octanol–water partition coefficient (Wildman–Crippen LogP) is 13.7. The Balaban J connectivity index is 1.34. The maximum atomic E-state index is 7.34. The number of aryl methyl sites for hydroxylation is 2. The second-order valence-electron chi connectivity index (χ2n) is 21.5. The maximum absolute atomic E-state index is 7.34. The van der Waals surface area contributed by atoms with Gasteiger partial charge >= 0.3 is 0 Å². The first-order chi connectivity index (χ1) is 28.3. The molecule has 1 aliphatic carbocycles. The highest BCUT2D eigenvalue weighted by Crippen LogP contribution is 2.52. The maximum Gasteiger partial charge on any atom is 0.297 e. The van der Waals surface area contributed by atoms with Crippen molar-refractivity contribution in [3.8, 4) is 11.1 Å². The van der Waals surface area contributed by atoms with Crippen molar-refractivity contribution in [3.05, 3.63) is 149 Å². The molecule has 60 heavy (non-hydrogen) atoms. The molecule has 0 N–H and O–H groups in total. The highest BCUT2D eigenvalue weighted by atomic mass is 16.3. The molecule has 3 nitrogen and oxygen atoms in total. The van der Waals surface area contributed by atoms with E-state index in [0.717, 1.165) is 35.5 Å². The lowest BCUT2D eigenvalue weighted by Gasteiger charge is -2.47. The van der Waals surface area contributed by atoms with Gasteiger partial charge in [-0.15, -0.1) is 0 Å². The normalized spacial score (nSPS) is 16.4.